The first-order valence-electron chi connectivity index (χ1n) is 6.71. The van der Waals surface area contributed by atoms with Crippen molar-refractivity contribution in [3.8, 4) is 0 Å². The molecule has 0 amide bonds. The molecular formula is C16H20BrNS. The number of aryl methyl sites for hydroxylation is 1. The summed E-state index contributed by atoms with van der Waals surface area (Å²) in [5.41, 5.74) is 4.06. The SMILES string of the molecule is CCCNC(Cc1ccsc1)c1ccc(C)c(Br)c1. The van der Waals surface area contributed by atoms with Crippen molar-refractivity contribution in [2.45, 2.75) is 32.7 Å². The summed E-state index contributed by atoms with van der Waals surface area (Å²) >= 11 is 5.40. The van der Waals surface area contributed by atoms with Crippen molar-refractivity contribution in [2.24, 2.45) is 0 Å². The Bertz CT molecular complexity index is 507. The van der Waals surface area contributed by atoms with Crippen LogP contribution < -0.4 is 5.32 Å². The Labute approximate surface area is 128 Å². The van der Waals surface area contributed by atoms with Crippen molar-refractivity contribution in [3.63, 3.8) is 0 Å². The van der Waals surface area contributed by atoms with Gasteiger partial charge in [0.25, 0.3) is 0 Å². The Morgan fingerprint density at radius 2 is 2.16 bits per heavy atom. The van der Waals surface area contributed by atoms with Crippen LogP contribution in [0.25, 0.3) is 0 Å². The van der Waals surface area contributed by atoms with Gasteiger partial charge in [-0.25, -0.2) is 0 Å². The first kappa shape index (κ1) is 14.8. The lowest BCUT2D eigenvalue weighted by molar-refractivity contribution is 0.529. The highest BCUT2D eigenvalue weighted by Crippen LogP contribution is 2.25. The van der Waals surface area contributed by atoms with E-state index in [2.05, 4.69) is 70.1 Å². The Balaban J connectivity index is 2.18. The number of hydrogen-bond acceptors (Lipinski definition) is 2. The fraction of sp³-hybridized carbons (Fsp3) is 0.375. The average molecular weight is 338 g/mol. The molecule has 0 bridgehead atoms. The van der Waals surface area contributed by atoms with Crippen molar-refractivity contribution in [3.05, 3.63) is 56.2 Å². The normalized spacial score (nSPS) is 12.6. The molecule has 0 aliphatic heterocycles. The lowest BCUT2D eigenvalue weighted by Crippen LogP contribution is -2.24. The van der Waals surface area contributed by atoms with Gasteiger partial charge in [0.1, 0.15) is 0 Å². The summed E-state index contributed by atoms with van der Waals surface area (Å²) in [6.45, 7) is 5.39. The van der Waals surface area contributed by atoms with E-state index < -0.39 is 0 Å². The van der Waals surface area contributed by atoms with E-state index in [0.717, 1.165) is 19.4 Å². The Morgan fingerprint density at radius 3 is 2.79 bits per heavy atom. The number of thiophene rings is 1. The first-order valence-corrected chi connectivity index (χ1v) is 8.44. The molecule has 0 saturated carbocycles. The predicted octanol–water partition coefficient (Wildman–Crippen LogP) is 5.10. The van der Waals surface area contributed by atoms with Gasteiger partial charge in [-0.2, -0.15) is 11.3 Å². The molecule has 1 aromatic heterocycles. The van der Waals surface area contributed by atoms with Crippen LogP contribution in [0, 0.1) is 6.92 Å². The summed E-state index contributed by atoms with van der Waals surface area (Å²) < 4.78 is 1.19. The molecule has 3 heteroatoms. The highest BCUT2D eigenvalue weighted by Gasteiger charge is 2.12. The lowest BCUT2D eigenvalue weighted by atomic mass is 9.99. The molecule has 1 N–H and O–H groups in total. The molecule has 0 radical (unpaired) electrons. The summed E-state index contributed by atoms with van der Waals surface area (Å²) in [7, 11) is 0. The average Bonchev–Trinajstić information content (AvgIpc) is 2.91. The maximum Gasteiger partial charge on any atom is 0.0361 e. The van der Waals surface area contributed by atoms with Crippen molar-refractivity contribution < 1.29 is 0 Å². The van der Waals surface area contributed by atoms with Gasteiger partial charge in [0, 0.05) is 10.5 Å². The molecule has 0 spiro atoms. The van der Waals surface area contributed by atoms with Crippen LogP contribution in [-0.4, -0.2) is 6.54 Å². The molecule has 1 atom stereocenters. The molecule has 0 saturated heterocycles. The highest BCUT2D eigenvalue weighted by molar-refractivity contribution is 9.10. The van der Waals surface area contributed by atoms with E-state index in [-0.39, 0.29) is 0 Å². The van der Waals surface area contributed by atoms with Gasteiger partial charge in [-0.3, -0.25) is 0 Å². The third-order valence-electron chi connectivity index (χ3n) is 3.26. The smallest absolute Gasteiger partial charge is 0.0361 e. The second kappa shape index (κ2) is 7.22. The van der Waals surface area contributed by atoms with Gasteiger partial charge < -0.3 is 5.32 Å². The molecule has 2 rings (SSSR count). The zero-order valence-electron chi connectivity index (χ0n) is 11.4. The van der Waals surface area contributed by atoms with Crippen molar-refractivity contribution in [1.82, 2.24) is 5.32 Å². The van der Waals surface area contributed by atoms with E-state index in [9.17, 15) is 0 Å². The molecule has 0 fully saturated rings. The fourth-order valence-corrected chi connectivity index (χ4v) is 3.17. The van der Waals surface area contributed by atoms with Gasteiger partial charge in [-0.1, -0.05) is 35.0 Å². The first-order chi connectivity index (χ1) is 9.20. The number of benzene rings is 1. The zero-order chi connectivity index (χ0) is 13.7. The molecule has 1 aromatic carbocycles. The van der Waals surface area contributed by atoms with Gasteiger partial charge in [-0.15, -0.1) is 0 Å². The summed E-state index contributed by atoms with van der Waals surface area (Å²) in [5.74, 6) is 0. The molecule has 1 heterocycles. The summed E-state index contributed by atoms with van der Waals surface area (Å²) in [6.07, 6.45) is 2.21. The lowest BCUT2D eigenvalue weighted by Gasteiger charge is -2.19. The van der Waals surface area contributed by atoms with Crippen molar-refractivity contribution in [2.75, 3.05) is 6.54 Å². The predicted molar refractivity (Wildman–Crippen MR) is 87.9 cm³/mol. The van der Waals surface area contributed by atoms with E-state index in [1.165, 1.54) is 21.2 Å². The second-order valence-corrected chi connectivity index (χ2v) is 6.49. The van der Waals surface area contributed by atoms with Crippen LogP contribution in [0.3, 0.4) is 0 Å². The number of rotatable bonds is 6. The quantitative estimate of drug-likeness (QED) is 0.772. The van der Waals surface area contributed by atoms with Gasteiger partial charge >= 0.3 is 0 Å². The van der Waals surface area contributed by atoms with Crippen molar-refractivity contribution in [1.29, 1.82) is 0 Å². The zero-order valence-corrected chi connectivity index (χ0v) is 13.9. The number of nitrogens with one attached hydrogen (secondary N) is 1. The molecule has 1 nitrogen and oxygen atoms in total. The maximum absolute atomic E-state index is 3.65. The van der Waals surface area contributed by atoms with E-state index in [0.29, 0.717) is 6.04 Å². The van der Waals surface area contributed by atoms with Crippen LogP contribution in [-0.2, 0) is 6.42 Å². The minimum atomic E-state index is 0.395. The van der Waals surface area contributed by atoms with Crippen LogP contribution in [0.2, 0.25) is 0 Å². The molecular weight excluding hydrogens is 318 g/mol. The minimum Gasteiger partial charge on any atom is -0.310 e. The van der Waals surface area contributed by atoms with Gasteiger partial charge in [-0.05, 0) is 65.9 Å². The van der Waals surface area contributed by atoms with Crippen LogP contribution in [0.5, 0.6) is 0 Å². The Morgan fingerprint density at radius 1 is 1.32 bits per heavy atom. The Kier molecular flexibility index (Phi) is 5.61. The second-order valence-electron chi connectivity index (χ2n) is 4.85. The van der Waals surface area contributed by atoms with E-state index in [4.69, 9.17) is 0 Å². The summed E-state index contributed by atoms with van der Waals surface area (Å²) in [4.78, 5) is 0. The molecule has 0 aliphatic carbocycles. The highest BCUT2D eigenvalue weighted by atomic mass is 79.9. The van der Waals surface area contributed by atoms with Gasteiger partial charge in [0.05, 0.1) is 0 Å². The summed E-state index contributed by atoms with van der Waals surface area (Å²) in [5, 5.41) is 8.04. The van der Waals surface area contributed by atoms with E-state index in [1.54, 1.807) is 11.3 Å². The van der Waals surface area contributed by atoms with Crippen LogP contribution in [0.4, 0.5) is 0 Å². The largest absolute Gasteiger partial charge is 0.310 e. The number of halogens is 1. The molecule has 102 valence electrons. The minimum absolute atomic E-state index is 0.395. The monoisotopic (exact) mass is 337 g/mol. The van der Waals surface area contributed by atoms with Gasteiger partial charge in [0.2, 0.25) is 0 Å². The summed E-state index contributed by atoms with van der Waals surface area (Å²) in [6, 6.07) is 9.28. The molecule has 2 aromatic rings. The Hall–Kier alpha value is -0.640. The van der Waals surface area contributed by atoms with Gasteiger partial charge in [0.15, 0.2) is 0 Å². The van der Waals surface area contributed by atoms with E-state index in [1.807, 2.05) is 0 Å². The fourth-order valence-electron chi connectivity index (χ4n) is 2.10. The van der Waals surface area contributed by atoms with Crippen LogP contribution in [0.1, 0.15) is 36.1 Å². The molecule has 1 unspecified atom stereocenters. The van der Waals surface area contributed by atoms with Crippen LogP contribution >= 0.6 is 27.3 Å². The molecule has 19 heavy (non-hydrogen) atoms. The van der Waals surface area contributed by atoms with Crippen molar-refractivity contribution >= 4 is 27.3 Å². The number of hydrogen-bond donors (Lipinski definition) is 1. The standard InChI is InChI=1S/C16H20BrNS/c1-3-7-18-16(9-13-6-8-19-11-13)14-5-4-12(2)15(17)10-14/h4-6,8,10-11,16,18H,3,7,9H2,1-2H3. The third-order valence-corrected chi connectivity index (χ3v) is 4.85. The van der Waals surface area contributed by atoms with E-state index >= 15 is 0 Å². The third kappa shape index (κ3) is 4.16. The topological polar surface area (TPSA) is 12.0 Å². The van der Waals surface area contributed by atoms with Crippen LogP contribution in [0.15, 0.2) is 39.5 Å². The maximum atomic E-state index is 3.65. The molecule has 0 aliphatic rings.